The summed E-state index contributed by atoms with van der Waals surface area (Å²) in [6.45, 7) is 0. The molecular weight excluding hydrogens is 310 g/mol. The minimum atomic E-state index is -0.410. The SMILES string of the molecule is CN.NC(=O)c1c(N)sc2c1CCC(CCC=O)(CC1CC1)C2. The number of primary amides is 1. The minimum Gasteiger partial charge on any atom is -0.390 e. The molecule has 2 aliphatic carbocycles. The van der Waals surface area contributed by atoms with Gasteiger partial charge in [0.15, 0.2) is 0 Å². The summed E-state index contributed by atoms with van der Waals surface area (Å²) in [5, 5.41) is 0.560. The van der Waals surface area contributed by atoms with Gasteiger partial charge in [-0.3, -0.25) is 4.79 Å². The van der Waals surface area contributed by atoms with Crippen LogP contribution in [-0.4, -0.2) is 19.2 Å². The number of carbonyl (C=O) groups excluding carboxylic acids is 2. The summed E-state index contributed by atoms with van der Waals surface area (Å²) in [5.41, 5.74) is 17.8. The third kappa shape index (κ3) is 3.93. The van der Waals surface area contributed by atoms with Crippen LogP contribution in [0.1, 0.15) is 59.3 Å². The predicted octanol–water partition coefficient (Wildman–Crippen LogP) is 2.26. The van der Waals surface area contributed by atoms with Gasteiger partial charge in [0.2, 0.25) is 0 Å². The molecule has 1 amide bonds. The van der Waals surface area contributed by atoms with E-state index in [0.29, 0.717) is 17.0 Å². The van der Waals surface area contributed by atoms with Crippen LogP contribution in [0.25, 0.3) is 0 Å². The van der Waals surface area contributed by atoms with Crippen LogP contribution in [0.2, 0.25) is 0 Å². The predicted molar refractivity (Wildman–Crippen MR) is 94.5 cm³/mol. The molecule has 1 fully saturated rings. The Balaban J connectivity index is 0.000000924. The van der Waals surface area contributed by atoms with Crippen molar-refractivity contribution in [3.8, 4) is 0 Å². The molecule has 1 aromatic rings. The average molecular weight is 337 g/mol. The molecule has 1 saturated carbocycles. The lowest BCUT2D eigenvalue weighted by atomic mass is 9.68. The van der Waals surface area contributed by atoms with Gasteiger partial charge in [0.05, 0.1) is 10.6 Å². The van der Waals surface area contributed by atoms with Crippen molar-refractivity contribution in [1.29, 1.82) is 0 Å². The molecule has 1 aromatic heterocycles. The number of nitrogens with two attached hydrogens (primary N) is 3. The number of hydrogen-bond donors (Lipinski definition) is 3. The van der Waals surface area contributed by atoms with Crippen LogP contribution >= 0.6 is 11.3 Å². The molecule has 5 nitrogen and oxygen atoms in total. The smallest absolute Gasteiger partial charge is 0.251 e. The molecule has 6 heteroatoms. The second-order valence-electron chi connectivity index (χ2n) is 6.64. The molecular formula is C17H27N3O2S. The molecule has 2 aliphatic rings. The van der Waals surface area contributed by atoms with Gasteiger partial charge >= 0.3 is 0 Å². The Bertz CT molecular complexity index is 581. The van der Waals surface area contributed by atoms with Crippen molar-refractivity contribution in [2.75, 3.05) is 12.8 Å². The summed E-state index contributed by atoms with van der Waals surface area (Å²) in [6.07, 6.45) is 9.35. The summed E-state index contributed by atoms with van der Waals surface area (Å²) < 4.78 is 0. The highest BCUT2D eigenvalue weighted by atomic mass is 32.1. The van der Waals surface area contributed by atoms with Crippen LogP contribution in [0.15, 0.2) is 0 Å². The molecule has 3 rings (SSSR count). The van der Waals surface area contributed by atoms with Crippen LogP contribution in [0.3, 0.4) is 0 Å². The Hall–Kier alpha value is -1.40. The summed E-state index contributed by atoms with van der Waals surface area (Å²) in [4.78, 5) is 23.6. The second-order valence-corrected chi connectivity index (χ2v) is 7.77. The van der Waals surface area contributed by atoms with Gasteiger partial charge in [-0.2, -0.15) is 0 Å². The fraction of sp³-hybridized carbons (Fsp3) is 0.647. The largest absolute Gasteiger partial charge is 0.390 e. The van der Waals surface area contributed by atoms with Crippen LogP contribution in [0.5, 0.6) is 0 Å². The topological polar surface area (TPSA) is 112 Å². The zero-order valence-corrected chi connectivity index (χ0v) is 14.6. The Labute approximate surface area is 141 Å². The molecule has 0 bridgehead atoms. The van der Waals surface area contributed by atoms with Crippen molar-refractivity contribution in [3.63, 3.8) is 0 Å². The maximum absolute atomic E-state index is 11.6. The third-order valence-corrected chi connectivity index (χ3v) is 6.08. The third-order valence-electron chi connectivity index (χ3n) is 5.02. The number of carbonyl (C=O) groups is 2. The highest BCUT2D eigenvalue weighted by molar-refractivity contribution is 7.16. The first-order valence-electron chi connectivity index (χ1n) is 8.26. The average Bonchev–Trinajstić information content (AvgIpc) is 3.27. The van der Waals surface area contributed by atoms with Gasteiger partial charge in [0, 0.05) is 11.3 Å². The van der Waals surface area contributed by atoms with Crippen molar-refractivity contribution in [2.45, 2.75) is 51.4 Å². The van der Waals surface area contributed by atoms with Crippen molar-refractivity contribution in [2.24, 2.45) is 22.8 Å². The number of aldehydes is 1. The van der Waals surface area contributed by atoms with Gasteiger partial charge in [0.25, 0.3) is 5.91 Å². The molecule has 0 saturated heterocycles. The number of anilines is 1. The fourth-order valence-corrected chi connectivity index (χ4v) is 5.12. The first-order valence-corrected chi connectivity index (χ1v) is 9.07. The van der Waals surface area contributed by atoms with Gasteiger partial charge in [-0.1, -0.05) is 12.8 Å². The number of thiophene rings is 1. The van der Waals surface area contributed by atoms with Gasteiger partial charge in [-0.25, -0.2) is 0 Å². The van der Waals surface area contributed by atoms with Crippen LogP contribution in [0, 0.1) is 11.3 Å². The molecule has 1 heterocycles. The zero-order chi connectivity index (χ0) is 17.0. The summed E-state index contributed by atoms with van der Waals surface area (Å²) in [5.74, 6) is 0.429. The van der Waals surface area contributed by atoms with E-state index >= 15 is 0 Å². The maximum atomic E-state index is 11.6. The Morgan fingerprint density at radius 2 is 2.09 bits per heavy atom. The molecule has 23 heavy (non-hydrogen) atoms. The first kappa shape index (κ1) is 17.9. The van der Waals surface area contributed by atoms with E-state index in [1.807, 2.05) is 0 Å². The zero-order valence-electron chi connectivity index (χ0n) is 13.8. The number of fused-ring (bicyclic) bond motifs is 1. The molecule has 0 spiro atoms. The number of hydrogen-bond acceptors (Lipinski definition) is 5. The number of rotatable bonds is 6. The lowest BCUT2D eigenvalue weighted by Gasteiger charge is -2.37. The fourth-order valence-electron chi connectivity index (χ4n) is 3.82. The highest BCUT2D eigenvalue weighted by Crippen LogP contribution is 2.51. The molecule has 0 radical (unpaired) electrons. The Morgan fingerprint density at radius 3 is 2.65 bits per heavy atom. The van der Waals surface area contributed by atoms with Crippen molar-refractivity contribution in [1.82, 2.24) is 0 Å². The molecule has 0 aliphatic heterocycles. The van der Waals surface area contributed by atoms with E-state index in [9.17, 15) is 9.59 Å². The van der Waals surface area contributed by atoms with Gasteiger partial charge in [0.1, 0.15) is 6.29 Å². The van der Waals surface area contributed by atoms with Crippen LogP contribution in [-0.2, 0) is 17.6 Å². The normalized spacial score (nSPS) is 22.7. The van der Waals surface area contributed by atoms with E-state index < -0.39 is 5.91 Å². The lowest BCUT2D eigenvalue weighted by Crippen LogP contribution is -2.30. The van der Waals surface area contributed by atoms with E-state index in [0.717, 1.165) is 43.5 Å². The van der Waals surface area contributed by atoms with E-state index in [4.69, 9.17) is 11.5 Å². The van der Waals surface area contributed by atoms with Gasteiger partial charge in [-0.05, 0) is 56.0 Å². The molecule has 1 unspecified atom stereocenters. The van der Waals surface area contributed by atoms with E-state index in [1.165, 1.54) is 42.5 Å². The molecule has 128 valence electrons. The first-order chi connectivity index (χ1) is 11.0. The van der Waals surface area contributed by atoms with E-state index in [1.54, 1.807) is 0 Å². The molecule has 6 N–H and O–H groups in total. The molecule has 0 aromatic carbocycles. The van der Waals surface area contributed by atoms with Gasteiger partial charge in [-0.15, -0.1) is 11.3 Å². The summed E-state index contributed by atoms with van der Waals surface area (Å²) in [7, 11) is 1.50. The van der Waals surface area contributed by atoms with Crippen LogP contribution in [0.4, 0.5) is 5.00 Å². The van der Waals surface area contributed by atoms with Crippen molar-refractivity contribution in [3.05, 3.63) is 16.0 Å². The quantitative estimate of drug-likeness (QED) is 0.691. The summed E-state index contributed by atoms with van der Waals surface area (Å²) >= 11 is 1.52. The summed E-state index contributed by atoms with van der Waals surface area (Å²) in [6, 6.07) is 0. The van der Waals surface area contributed by atoms with E-state index in [-0.39, 0.29) is 5.41 Å². The molecule has 1 atom stereocenters. The Kier molecular flexibility index (Phi) is 5.81. The van der Waals surface area contributed by atoms with Gasteiger partial charge < -0.3 is 22.0 Å². The standard InChI is InChI=1S/C16H22N2O2S.CH5N/c17-14(20)13-11-4-6-16(5-1-7-19,8-10-2-3-10)9-12(11)21-15(13)18;1-2/h7,10H,1-6,8-9,18H2,(H2,17,20);2H2,1H3. The lowest BCUT2D eigenvalue weighted by molar-refractivity contribution is -0.108. The highest BCUT2D eigenvalue weighted by Gasteiger charge is 2.41. The second kappa shape index (κ2) is 7.45. The van der Waals surface area contributed by atoms with Crippen molar-refractivity contribution >= 4 is 28.5 Å². The number of amides is 1. The minimum absolute atomic E-state index is 0.223. The monoisotopic (exact) mass is 337 g/mol. The van der Waals surface area contributed by atoms with E-state index in [2.05, 4.69) is 5.73 Å². The Morgan fingerprint density at radius 1 is 1.39 bits per heavy atom. The maximum Gasteiger partial charge on any atom is 0.251 e. The number of nitrogen functional groups attached to an aromatic ring is 1. The van der Waals surface area contributed by atoms with Crippen molar-refractivity contribution < 1.29 is 9.59 Å². The van der Waals surface area contributed by atoms with Crippen LogP contribution < -0.4 is 17.2 Å².